The van der Waals surface area contributed by atoms with Gasteiger partial charge in [-0.3, -0.25) is 4.79 Å². The Morgan fingerprint density at radius 3 is 2.57 bits per heavy atom. The fraction of sp³-hybridized carbons (Fsp3) is 0.400. The molecule has 0 saturated carbocycles. The zero-order valence-corrected chi connectivity index (χ0v) is 17.3. The number of methoxy groups -OCH3 is 1. The third kappa shape index (κ3) is 3.70. The molecule has 1 amide bonds. The van der Waals surface area contributed by atoms with Crippen molar-refractivity contribution < 1.29 is 9.53 Å². The van der Waals surface area contributed by atoms with Crippen LogP contribution in [-0.4, -0.2) is 37.2 Å². The Morgan fingerprint density at radius 1 is 1.21 bits per heavy atom. The zero-order valence-electron chi connectivity index (χ0n) is 15.7. The molecule has 152 valence electrons. The average molecular weight is 425 g/mol. The molecule has 1 aliphatic heterocycles. The topological polar surface area (TPSA) is 89.3 Å². The molecule has 0 bridgehead atoms. The number of carbonyl (C=O) groups excluding carboxylic acids is 1. The highest BCUT2D eigenvalue weighted by Crippen LogP contribution is 2.51. The molecule has 28 heavy (non-hydrogen) atoms. The minimum Gasteiger partial charge on any atom is -0.384 e. The number of nitrogens with zero attached hydrogens (tertiary/aromatic N) is 1. The van der Waals surface area contributed by atoms with Crippen molar-refractivity contribution in [2.24, 2.45) is 0 Å². The number of rotatable bonds is 3. The first-order valence-electron chi connectivity index (χ1n) is 9.01. The largest absolute Gasteiger partial charge is 0.384 e. The van der Waals surface area contributed by atoms with Crippen molar-refractivity contribution in [3.05, 3.63) is 59.3 Å². The molecule has 8 heteroatoms. The lowest BCUT2D eigenvalue weighted by atomic mass is 9.72. The summed E-state index contributed by atoms with van der Waals surface area (Å²) in [6.07, 6.45) is 3.41. The number of fused-ring (bicyclic) bond motifs is 2. The van der Waals surface area contributed by atoms with Crippen LogP contribution in [0.1, 0.15) is 40.4 Å². The molecule has 1 saturated heterocycles. The summed E-state index contributed by atoms with van der Waals surface area (Å²) in [5.41, 5.74) is 8.51. The van der Waals surface area contributed by atoms with Crippen LogP contribution >= 0.6 is 24.8 Å². The van der Waals surface area contributed by atoms with Gasteiger partial charge in [-0.15, -0.1) is 24.8 Å². The van der Waals surface area contributed by atoms with Gasteiger partial charge in [-0.1, -0.05) is 24.3 Å². The van der Waals surface area contributed by atoms with Crippen molar-refractivity contribution in [2.75, 3.05) is 25.9 Å². The number of pyridine rings is 1. The van der Waals surface area contributed by atoms with Gasteiger partial charge >= 0.3 is 0 Å². The van der Waals surface area contributed by atoms with Crippen LogP contribution < -0.4 is 16.4 Å². The van der Waals surface area contributed by atoms with E-state index in [2.05, 4.69) is 33.8 Å². The summed E-state index contributed by atoms with van der Waals surface area (Å²) >= 11 is 0. The molecule has 0 radical (unpaired) electrons. The maximum absolute atomic E-state index is 12.8. The number of carbonyl (C=O) groups is 1. The lowest BCUT2D eigenvalue weighted by Crippen LogP contribution is -2.49. The first kappa shape index (κ1) is 22.4. The Bertz CT molecular complexity index is 810. The van der Waals surface area contributed by atoms with E-state index in [0.717, 1.165) is 31.5 Å². The van der Waals surface area contributed by atoms with Crippen LogP contribution in [0.4, 0.5) is 5.82 Å². The van der Waals surface area contributed by atoms with Gasteiger partial charge in [0.2, 0.25) is 0 Å². The highest BCUT2D eigenvalue weighted by Gasteiger charge is 2.53. The fourth-order valence-electron chi connectivity index (χ4n) is 4.56. The summed E-state index contributed by atoms with van der Waals surface area (Å²) in [7, 11) is 1.74. The molecule has 1 aromatic carbocycles. The van der Waals surface area contributed by atoms with Crippen LogP contribution in [0.2, 0.25) is 0 Å². The van der Waals surface area contributed by atoms with E-state index in [1.807, 2.05) is 6.07 Å². The van der Waals surface area contributed by atoms with Crippen LogP contribution in [0.15, 0.2) is 42.6 Å². The Hall–Kier alpha value is -1.86. The van der Waals surface area contributed by atoms with Crippen LogP contribution in [0.25, 0.3) is 0 Å². The van der Waals surface area contributed by atoms with Crippen LogP contribution in [0, 0.1) is 0 Å². The molecule has 1 aliphatic carbocycles. The van der Waals surface area contributed by atoms with E-state index in [-0.39, 0.29) is 48.3 Å². The molecule has 2 aliphatic rings. The van der Waals surface area contributed by atoms with Gasteiger partial charge in [0.1, 0.15) is 5.82 Å². The Kier molecular flexibility index (Phi) is 7.28. The van der Waals surface area contributed by atoms with E-state index in [9.17, 15) is 4.79 Å². The summed E-state index contributed by atoms with van der Waals surface area (Å²) in [6.45, 7) is 1.91. The van der Waals surface area contributed by atoms with E-state index < -0.39 is 0 Å². The quantitative estimate of drug-likeness (QED) is 0.704. The van der Waals surface area contributed by atoms with Gasteiger partial charge in [-0.05, 0) is 49.2 Å². The van der Waals surface area contributed by atoms with Crippen molar-refractivity contribution in [2.45, 2.75) is 30.4 Å². The molecule has 4 rings (SSSR count). The first-order valence-corrected chi connectivity index (χ1v) is 9.01. The van der Waals surface area contributed by atoms with E-state index in [1.165, 1.54) is 11.8 Å². The van der Waals surface area contributed by atoms with Crippen molar-refractivity contribution in [1.82, 2.24) is 15.6 Å². The van der Waals surface area contributed by atoms with Crippen molar-refractivity contribution >= 4 is 36.5 Å². The maximum Gasteiger partial charge on any atom is 0.253 e. The molecule has 4 N–H and O–H groups in total. The van der Waals surface area contributed by atoms with E-state index in [1.54, 1.807) is 19.2 Å². The van der Waals surface area contributed by atoms with E-state index >= 15 is 0 Å². The Labute approximate surface area is 177 Å². The Balaban J connectivity index is 0.00000140. The summed E-state index contributed by atoms with van der Waals surface area (Å²) < 4.78 is 5.98. The predicted molar refractivity (Wildman–Crippen MR) is 114 cm³/mol. The summed E-state index contributed by atoms with van der Waals surface area (Å²) in [4.78, 5) is 16.8. The zero-order chi connectivity index (χ0) is 18.1. The minimum atomic E-state index is -0.181. The molecule has 1 aromatic heterocycles. The van der Waals surface area contributed by atoms with Crippen LogP contribution in [0.5, 0.6) is 0 Å². The average Bonchev–Trinajstić information content (AvgIpc) is 2.92. The highest BCUT2D eigenvalue weighted by molar-refractivity contribution is 5.94. The second-order valence-electron chi connectivity index (χ2n) is 7.07. The van der Waals surface area contributed by atoms with Crippen molar-refractivity contribution in [3.63, 3.8) is 0 Å². The molecule has 2 atom stereocenters. The smallest absolute Gasteiger partial charge is 0.253 e. The number of aromatic nitrogens is 1. The molecular weight excluding hydrogens is 399 g/mol. The van der Waals surface area contributed by atoms with Crippen LogP contribution in [0.3, 0.4) is 0 Å². The van der Waals surface area contributed by atoms with Crippen molar-refractivity contribution in [3.8, 4) is 0 Å². The van der Waals surface area contributed by atoms with Gasteiger partial charge in [-0.2, -0.15) is 0 Å². The number of benzene rings is 1. The molecule has 1 fully saturated rings. The Morgan fingerprint density at radius 2 is 1.93 bits per heavy atom. The van der Waals surface area contributed by atoms with Gasteiger partial charge in [0, 0.05) is 18.7 Å². The number of halogens is 2. The third-order valence-corrected chi connectivity index (χ3v) is 5.76. The van der Waals surface area contributed by atoms with E-state index in [4.69, 9.17) is 10.5 Å². The number of nitrogen functional groups attached to an aromatic ring is 1. The number of anilines is 1. The lowest BCUT2D eigenvalue weighted by molar-refractivity contribution is 0.00396. The van der Waals surface area contributed by atoms with Gasteiger partial charge in [0.05, 0.1) is 17.7 Å². The molecule has 2 heterocycles. The number of amides is 1. The fourth-order valence-corrected chi connectivity index (χ4v) is 4.56. The standard InChI is InChI=1S/C20H24N4O2.2ClH/c1-26-18-17(24-19(25)13-6-7-16(21)23-12-13)14-4-2-3-5-15(14)20(18)8-10-22-11-9-20;;/h2-7,12,17-18,22H,8-11H2,1H3,(H2,21,23)(H,24,25);2*1H/t17-,18+;;/m1../s1. The highest BCUT2D eigenvalue weighted by atomic mass is 35.5. The van der Waals surface area contributed by atoms with Gasteiger partial charge in [-0.25, -0.2) is 4.98 Å². The minimum absolute atomic E-state index is 0. The van der Waals surface area contributed by atoms with Gasteiger partial charge < -0.3 is 21.1 Å². The normalized spacial score (nSPS) is 21.9. The number of hydrogen-bond acceptors (Lipinski definition) is 5. The molecule has 0 unspecified atom stereocenters. The molecule has 1 spiro atoms. The summed E-state index contributed by atoms with van der Waals surface area (Å²) in [5, 5.41) is 6.61. The molecule has 2 aromatic rings. The second kappa shape index (κ2) is 9.09. The van der Waals surface area contributed by atoms with E-state index in [0.29, 0.717) is 11.4 Å². The number of piperidine rings is 1. The SMILES string of the molecule is CO[C@H]1[C@H](NC(=O)c2ccc(N)nc2)c2ccccc2C12CCNCC2.Cl.Cl. The van der Waals surface area contributed by atoms with Gasteiger partial charge in [0.25, 0.3) is 5.91 Å². The van der Waals surface area contributed by atoms with Crippen LogP contribution in [-0.2, 0) is 10.2 Å². The summed E-state index contributed by atoms with van der Waals surface area (Å²) in [6, 6.07) is 11.5. The number of ether oxygens (including phenoxy) is 1. The maximum atomic E-state index is 12.8. The lowest BCUT2D eigenvalue weighted by Gasteiger charge is -2.40. The second-order valence-corrected chi connectivity index (χ2v) is 7.07. The third-order valence-electron chi connectivity index (χ3n) is 5.76. The predicted octanol–water partition coefficient (Wildman–Crippen LogP) is 2.63. The molecule has 6 nitrogen and oxygen atoms in total. The first-order chi connectivity index (χ1) is 12.7. The number of hydrogen-bond donors (Lipinski definition) is 3. The van der Waals surface area contributed by atoms with Gasteiger partial charge in [0.15, 0.2) is 0 Å². The monoisotopic (exact) mass is 424 g/mol. The molecular formula is C20H26Cl2N4O2. The van der Waals surface area contributed by atoms with Crippen molar-refractivity contribution in [1.29, 1.82) is 0 Å². The number of nitrogens with one attached hydrogen (secondary N) is 2. The number of nitrogens with two attached hydrogens (primary N) is 1. The summed E-state index contributed by atoms with van der Waals surface area (Å²) in [5.74, 6) is 0.238.